The van der Waals surface area contributed by atoms with Crippen LogP contribution in [0, 0.1) is 17.8 Å². The SMILES string of the molecule is Cl.NCC1CCCC1NC(=O)C1CCCCC1C(F)(F)F. The summed E-state index contributed by atoms with van der Waals surface area (Å²) in [5.41, 5.74) is 5.64. The molecular formula is C14H24ClF3N2O. The van der Waals surface area contributed by atoms with Gasteiger partial charge in [-0.3, -0.25) is 4.79 Å². The number of amides is 1. The molecule has 0 saturated heterocycles. The van der Waals surface area contributed by atoms with Gasteiger partial charge in [-0.2, -0.15) is 13.2 Å². The number of hydrogen-bond acceptors (Lipinski definition) is 2. The van der Waals surface area contributed by atoms with E-state index in [1.165, 1.54) is 0 Å². The highest BCUT2D eigenvalue weighted by Gasteiger charge is 2.48. The second kappa shape index (κ2) is 7.68. The van der Waals surface area contributed by atoms with Crippen LogP contribution in [0.1, 0.15) is 44.9 Å². The Morgan fingerprint density at radius 1 is 1.10 bits per heavy atom. The van der Waals surface area contributed by atoms with Gasteiger partial charge < -0.3 is 11.1 Å². The van der Waals surface area contributed by atoms with Gasteiger partial charge in [0, 0.05) is 12.0 Å². The van der Waals surface area contributed by atoms with Gasteiger partial charge in [0.2, 0.25) is 5.91 Å². The van der Waals surface area contributed by atoms with Crippen LogP contribution in [-0.2, 0) is 4.79 Å². The Hall–Kier alpha value is -0.490. The summed E-state index contributed by atoms with van der Waals surface area (Å²) >= 11 is 0. The van der Waals surface area contributed by atoms with E-state index in [0.29, 0.717) is 25.8 Å². The summed E-state index contributed by atoms with van der Waals surface area (Å²) < 4.78 is 39.0. The molecule has 3 N–H and O–H groups in total. The maximum atomic E-state index is 13.0. The molecule has 0 aliphatic heterocycles. The van der Waals surface area contributed by atoms with Crippen LogP contribution in [0.5, 0.6) is 0 Å². The first-order valence-corrected chi connectivity index (χ1v) is 7.50. The number of nitrogens with one attached hydrogen (secondary N) is 1. The zero-order valence-electron chi connectivity index (χ0n) is 12.0. The van der Waals surface area contributed by atoms with Crippen molar-refractivity contribution in [2.75, 3.05) is 6.54 Å². The highest BCUT2D eigenvalue weighted by atomic mass is 35.5. The third-order valence-electron chi connectivity index (χ3n) is 4.81. The topological polar surface area (TPSA) is 55.1 Å². The fourth-order valence-electron chi connectivity index (χ4n) is 3.64. The molecule has 2 saturated carbocycles. The minimum absolute atomic E-state index is 0. The maximum absolute atomic E-state index is 13.0. The maximum Gasteiger partial charge on any atom is 0.392 e. The lowest BCUT2D eigenvalue weighted by atomic mass is 9.78. The van der Waals surface area contributed by atoms with Crippen LogP contribution < -0.4 is 11.1 Å². The van der Waals surface area contributed by atoms with Gasteiger partial charge in [0.25, 0.3) is 0 Å². The van der Waals surface area contributed by atoms with Crippen LogP contribution in [0.2, 0.25) is 0 Å². The van der Waals surface area contributed by atoms with Gasteiger partial charge in [0.15, 0.2) is 0 Å². The number of carbonyl (C=O) groups is 1. The van der Waals surface area contributed by atoms with Gasteiger partial charge in [-0.25, -0.2) is 0 Å². The third-order valence-corrected chi connectivity index (χ3v) is 4.81. The molecule has 21 heavy (non-hydrogen) atoms. The lowest BCUT2D eigenvalue weighted by Crippen LogP contribution is -2.47. The van der Waals surface area contributed by atoms with E-state index < -0.39 is 23.9 Å². The molecule has 0 aromatic carbocycles. The summed E-state index contributed by atoms with van der Waals surface area (Å²) in [4.78, 5) is 12.2. The molecular weight excluding hydrogens is 305 g/mol. The van der Waals surface area contributed by atoms with Crippen molar-refractivity contribution in [1.29, 1.82) is 0 Å². The summed E-state index contributed by atoms with van der Waals surface area (Å²) in [5, 5.41) is 2.83. The first-order valence-electron chi connectivity index (χ1n) is 7.50. The molecule has 2 fully saturated rings. The second-order valence-corrected chi connectivity index (χ2v) is 6.08. The van der Waals surface area contributed by atoms with E-state index in [1.807, 2.05) is 0 Å². The normalized spacial score (nSPS) is 33.3. The molecule has 0 heterocycles. The summed E-state index contributed by atoms with van der Waals surface area (Å²) in [5.74, 6) is -2.60. The summed E-state index contributed by atoms with van der Waals surface area (Å²) in [6.45, 7) is 0.484. The molecule has 3 nitrogen and oxygen atoms in total. The van der Waals surface area contributed by atoms with E-state index >= 15 is 0 Å². The van der Waals surface area contributed by atoms with Gasteiger partial charge in [-0.1, -0.05) is 19.3 Å². The molecule has 1 amide bonds. The smallest absolute Gasteiger partial charge is 0.353 e. The zero-order chi connectivity index (χ0) is 14.8. The van der Waals surface area contributed by atoms with E-state index in [9.17, 15) is 18.0 Å². The van der Waals surface area contributed by atoms with Gasteiger partial charge >= 0.3 is 6.18 Å². The van der Waals surface area contributed by atoms with Gasteiger partial charge in [0.05, 0.1) is 5.92 Å². The zero-order valence-corrected chi connectivity index (χ0v) is 12.8. The predicted molar refractivity (Wildman–Crippen MR) is 77.1 cm³/mol. The third kappa shape index (κ3) is 4.49. The Morgan fingerprint density at radius 3 is 2.38 bits per heavy atom. The Labute approximate surface area is 129 Å². The van der Waals surface area contributed by atoms with Crippen molar-refractivity contribution in [2.45, 2.75) is 57.2 Å². The largest absolute Gasteiger partial charge is 0.392 e. The first-order chi connectivity index (χ1) is 9.43. The van der Waals surface area contributed by atoms with Crippen molar-refractivity contribution < 1.29 is 18.0 Å². The van der Waals surface area contributed by atoms with Crippen LogP contribution >= 0.6 is 12.4 Å². The second-order valence-electron chi connectivity index (χ2n) is 6.08. The molecule has 4 unspecified atom stereocenters. The Morgan fingerprint density at radius 2 is 1.76 bits per heavy atom. The van der Waals surface area contributed by atoms with Crippen LogP contribution in [0.15, 0.2) is 0 Å². The number of hydrogen-bond donors (Lipinski definition) is 2. The fraction of sp³-hybridized carbons (Fsp3) is 0.929. The van der Waals surface area contributed by atoms with Crippen molar-refractivity contribution in [2.24, 2.45) is 23.5 Å². The molecule has 2 aliphatic rings. The van der Waals surface area contributed by atoms with Crippen molar-refractivity contribution in [3.8, 4) is 0 Å². The molecule has 0 radical (unpaired) electrons. The highest BCUT2D eigenvalue weighted by molar-refractivity contribution is 5.85. The van der Waals surface area contributed by atoms with Gasteiger partial charge in [0.1, 0.15) is 0 Å². The first kappa shape index (κ1) is 18.6. The average molecular weight is 329 g/mol. The number of halogens is 4. The monoisotopic (exact) mass is 328 g/mol. The quantitative estimate of drug-likeness (QED) is 0.836. The fourth-order valence-corrected chi connectivity index (χ4v) is 3.64. The van der Waals surface area contributed by atoms with Gasteiger partial charge in [-0.05, 0) is 38.1 Å². The minimum Gasteiger partial charge on any atom is -0.353 e. The van der Waals surface area contributed by atoms with Crippen molar-refractivity contribution >= 4 is 18.3 Å². The van der Waals surface area contributed by atoms with E-state index in [1.54, 1.807) is 0 Å². The van der Waals surface area contributed by atoms with E-state index in [4.69, 9.17) is 5.73 Å². The molecule has 7 heteroatoms. The number of nitrogens with two attached hydrogens (primary N) is 1. The highest BCUT2D eigenvalue weighted by Crippen LogP contribution is 2.41. The molecule has 2 rings (SSSR count). The lowest BCUT2D eigenvalue weighted by Gasteiger charge is -2.33. The molecule has 4 atom stereocenters. The summed E-state index contributed by atoms with van der Waals surface area (Å²) in [6, 6.07) is -0.0386. The Balaban J connectivity index is 0.00000220. The summed E-state index contributed by atoms with van der Waals surface area (Å²) in [7, 11) is 0. The van der Waals surface area contributed by atoms with Crippen LogP contribution in [0.25, 0.3) is 0 Å². The average Bonchev–Trinajstić information content (AvgIpc) is 2.85. The Kier molecular flexibility index (Phi) is 6.78. The molecule has 0 bridgehead atoms. The van der Waals surface area contributed by atoms with E-state index in [0.717, 1.165) is 19.3 Å². The van der Waals surface area contributed by atoms with Crippen LogP contribution in [0.4, 0.5) is 13.2 Å². The van der Waals surface area contributed by atoms with Crippen LogP contribution in [0.3, 0.4) is 0 Å². The summed E-state index contributed by atoms with van der Waals surface area (Å²) in [6.07, 6.45) is 0.179. The van der Waals surface area contributed by atoms with Gasteiger partial charge in [-0.15, -0.1) is 12.4 Å². The molecule has 0 spiro atoms. The van der Waals surface area contributed by atoms with E-state index in [2.05, 4.69) is 5.32 Å². The number of rotatable bonds is 3. The van der Waals surface area contributed by atoms with Crippen molar-refractivity contribution in [1.82, 2.24) is 5.32 Å². The lowest BCUT2D eigenvalue weighted by molar-refractivity contribution is -0.198. The number of alkyl halides is 3. The van der Waals surface area contributed by atoms with Crippen LogP contribution in [-0.4, -0.2) is 24.7 Å². The number of carbonyl (C=O) groups excluding carboxylic acids is 1. The van der Waals surface area contributed by atoms with E-state index in [-0.39, 0.29) is 30.8 Å². The van der Waals surface area contributed by atoms with Crippen molar-refractivity contribution in [3.63, 3.8) is 0 Å². The molecule has 0 aromatic heterocycles. The standard InChI is InChI=1S/C14H23F3N2O.ClH/c15-14(16,17)11-6-2-1-5-10(11)13(20)19-12-7-3-4-9(12)8-18;/h9-12H,1-8,18H2,(H,19,20);1H. The minimum atomic E-state index is -4.27. The van der Waals surface area contributed by atoms with Crippen molar-refractivity contribution in [3.05, 3.63) is 0 Å². The molecule has 124 valence electrons. The molecule has 2 aliphatic carbocycles. The predicted octanol–water partition coefficient (Wildman–Crippen LogP) is 3.02. The molecule has 0 aromatic rings. The Bertz CT molecular complexity index is 352.